The summed E-state index contributed by atoms with van der Waals surface area (Å²) in [5.41, 5.74) is 0.661. The Bertz CT molecular complexity index is 783. The molecule has 1 atom stereocenters. The fourth-order valence-electron chi connectivity index (χ4n) is 3.43. The van der Waals surface area contributed by atoms with Gasteiger partial charge in [-0.15, -0.1) is 0 Å². The molecule has 150 valence electrons. The van der Waals surface area contributed by atoms with Crippen LogP contribution in [0.5, 0.6) is 5.75 Å². The number of nitrogens with one attached hydrogen (secondary N) is 2. The molecule has 1 saturated heterocycles. The van der Waals surface area contributed by atoms with Crippen molar-refractivity contribution in [3.05, 3.63) is 48.4 Å². The first kappa shape index (κ1) is 19.9. The number of carbonyl (C=O) groups is 2. The number of hydrogen-bond acceptors (Lipinski definition) is 5. The van der Waals surface area contributed by atoms with Crippen LogP contribution in [0.2, 0.25) is 0 Å². The molecule has 1 aromatic heterocycles. The number of para-hydroxylation sites is 2. The first-order valence-corrected chi connectivity index (χ1v) is 9.56. The Balaban J connectivity index is 1.47. The van der Waals surface area contributed by atoms with Crippen LogP contribution in [-0.4, -0.2) is 43.0 Å². The monoisotopic (exact) mass is 385 g/mol. The van der Waals surface area contributed by atoms with Crippen molar-refractivity contribution in [1.82, 2.24) is 10.2 Å². The van der Waals surface area contributed by atoms with Gasteiger partial charge in [0.05, 0.1) is 31.6 Å². The predicted octanol–water partition coefficient (Wildman–Crippen LogP) is 2.64. The highest BCUT2D eigenvalue weighted by molar-refractivity contribution is 5.95. The van der Waals surface area contributed by atoms with Gasteiger partial charge in [-0.3, -0.25) is 14.5 Å². The number of benzene rings is 1. The fourth-order valence-corrected chi connectivity index (χ4v) is 3.43. The van der Waals surface area contributed by atoms with Gasteiger partial charge in [0.15, 0.2) is 0 Å². The molecule has 1 fully saturated rings. The highest BCUT2D eigenvalue weighted by Crippen LogP contribution is 2.24. The molecule has 7 heteroatoms. The summed E-state index contributed by atoms with van der Waals surface area (Å²) in [5.74, 6) is 1.31. The second kappa shape index (κ2) is 9.41. The van der Waals surface area contributed by atoms with Crippen LogP contribution in [0, 0.1) is 5.92 Å². The number of likely N-dealkylation sites (tertiary alicyclic amines) is 1. The van der Waals surface area contributed by atoms with Gasteiger partial charge in [-0.25, -0.2) is 0 Å². The molecule has 1 aromatic carbocycles. The quantitative estimate of drug-likeness (QED) is 0.766. The molecule has 0 bridgehead atoms. The van der Waals surface area contributed by atoms with Gasteiger partial charge in [0, 0.05) is 5.92 Å². The smallest absolute Gasteiger partial charge is 0.241 e. The molecule has 0 saturated carbocycles. The summed E-state index contributed by atoms with van der Waals surface area (Å²) in [6, 6.07) is 10.7. The number of ether oxygens (including phenoxy) is 1. The SMILES string of the molecule is COc1ccccc1NC(=O)C(C)N1CCC(C(=O)NCc2ccco2)CC1. The normalized spacial score (nSPS) is 16.4. The number of methoxy groups -OCH3 is 1. The lowest BCUT2D eigenvalue weighted by atomic mass is 9.95. The molecular formula is C21H27N3O4. The van der Waals surface area contributed by atoms with E-state index in [1.165, 1.54) is 0 Å². The van der Waals surface area contributed by atoms with Gasteiger partial charge in [0.1, 0.15) is 11.5 Å². The van der Waals surface area contributed by atoms with Crippen molar-refractivity contribution in [3.8, 4) is 5.75 Å². The van der Waals surface area contributed by atoms with Crippen molar-refractivity contribution in [2.24, 2.45) is 5.92 Å². The highest BCUT2D eigenvalue weighted by atomic mass is 16.5. The lowest BCUT2D eigenvalue weighted by Crippen LogP contribution is -2.48. The maximum absolute atomic E-state index is 12.6. The minimum atomic E-state index is -0.281. The number of piperidine rings is 1. The van der Waals surface area contributed by atoms with Crippen molar-refractivity contribution < 1.29 is 18.7 Å². The van der Waals surface area contributed by atoms with Crippen molar-refractivity contribution in [2.75, 3.05) is 25.5 Å². The Morgan fingerprint density at radius 3 is 2.64 bits per heavy atom. The van der Waals surface area contributed by atoms with Gasteiger partial charge in [-0.2, -0.15) is 0 Å². The molecular weight excluding hydrogens is 358 g/mol. The van der Waals surface area contributed by atoms with Crippen LogP contribution in [0.4, 0.5) is 5.69 Å². The van der Waals surface area contributed by atoms with Crippen LogP contribution < -0.4 is 15.4 Å². The standard InChI is InChI=1S/C21H27N3O4/c1-15(20(25)23-18-7-3-4-8-19(18)27-2)24-11-9-16(10-12-24)21(26)22-14-17-6-5-13-28-17/h3-8,13,15-16H,9-12,14H2,1-2H3,(H,22,26)(H,23,25). The number of nitrogens with zero attached hydrogens (tertiary/aromatic N) is 1. The summed E-state index contributed by atoms with van der Waals surface area (Å²) in [4.78, 5) is 27.1. The molecule has 0 aliphatic carbocycles. The van der Waals surface area contributed by atoms with E-state index in [4.69, 9.17) is 9.15 Å². The first-order chi connectivity index (χ1) is 13.6. The molecule has 2 N–H and O–H groups in total. The van der Waals surface area contributed by atoms with Crippen LogP contribution in [-0.2, 0) is 16.1 Å². The third kappa shape index (κ3) is 4.92. The van der Waals surface area contributed by atoms with Crippen molar-refractivity contribution in [1.29, 1.82) is 0 Å². The summed E-state index contributed by atoms with van der Waals surface area (Å²) in [6.07, 6.45) is 3.06. The van der Waals surface area contributed by atoms with E-state index >= 15 is 0 Å². The van der Waals surface area contributed by atoms with Crippen LogP contribution in [0.3, 0.4) is 0 Å². The third-order valence-corrected chi connectivity index (χ3v) is 5.21. The summed E-state index contributed by atoms with van der Waals surface area (Å²) in [6.45, 7) is 3.71. The van der Waals surface area contributed by atoms with Gasteiger partial charge >= 0.3 is 0 Å². The minimum Gasteiger partial charge on any atom is -0.495 e. The number of hydrogen-bond donors (Lipinski definition) is 2. The molecule has 2 heterocycles. The maximum Gasteiger partial charge on any atom is 0.241 e. The molecule has 28 heavy (non-hydrogen) atoms. The van der Waals surface area contributed by atoms with Gasteiger partial charge in [0.25, 0.3) is 0 Å². The van der Waals surface area contributed by atoms with Gasteiger partial charge in [-0.1, -0.05) is 12.1 Å². The number of furan rings is 1. The average Bonchev–Trinajstić information content (AvgIpc) is 3.25. The molecule has 1 unspecified atom stereocenters. The van der Waals surface area contributed by atoms with Crippen molar-refractivity contribution >= 4 is 17.5 Å². The van der Waals surface area contributed by atoms with E-state index < -0.39 is 0 Å². The topological polar surface area (TPSA) is 83.8 Å². The van der Waals surface area contributed by atoms with E-state index in [2.05, 4.69) is 15.5 Å². The molecule has 1 aliphatic rings. The van der Waals surface area contributed by atoms with Gasteiger partial charge in [0.2, 0.25) is 11.8 Å². The van der Waals surface area contributed by atoms with E-state index in [0.29, 0.717) is 31.1 Å². The zero-order valence-corrected chi connectivity index (χ0v) is 16.3. The second-order valence-corrected chi connectivity index (χ2v) is 6.97. The predicted molar refractivity (Wildman–Crippen MR) is 106 cm³/mol. The number of rotatable bonds is 7. The van der Waals surface area contributed by atoms with Crippen LogP contribution in [0.15, 0.2) is 47.1 Å². The molecule has 2 aromatic rings. The van der Waals surface area contributed by atoms with Crippen LogP contribution >= 0.6 is 0 Å². The van der Waals surface area contributed by atoms with E-state index in [0.717, 1.165) is 18.6 Å². The molecule has 3 rings (SSSR count). The summed E-state index contributed by atoms with van der Waals surface area (Å²) in [7, 11) is 1.58. The lowest BCUT2D eigenvalue weighted by molar-refractivity contribution is -0.127. The average molecular weight is 385 g/mol. The number of amides is 2. The van der Waals surface area contributed by atoms with Gasteiger partial charge in [-0.05, 0) is 57.1 Å². The second-order valence-electron chi connectivity index (χ2n) is 6.97. The van der Waals surface area contributed by atoms with Crippen LogP contribution in [0.25, 0.3) is 0 Å². The summed E-state index contributed by atoms with van der Waals surface area (Å²) < 4.78 is 10.5. The Labute approximate surface area is 165 Å². The Morgan fingerprint density at radius 2 is 1.96 bits per heavy atom. The molecule has 2 amide bonds. The van der Waals surface area contributed by atoms with Crippen molar-refractivity contribution in [2.45, 2.75) is 32.4 Å². The van der Waals surface area contributed by atoms with Gasteiger partial charge < -0.3 is 19.8 Å². The first-order valence-electron chi connectivity index (χ1n) is 9.56. The highest BCUT2D eigenvalue weighted by Gasteiger charge is 2.30. The van der Waals surface area contributed by atoms with E-state index in [-0.39, 0.29) is 23.8 Å². The fraction of sp³-hybridized carbons (Fsp3) is 0.429. The van der Waals surface area contributed by atoms with E-state index in [9.17, 15) is 9.59 Å². The Morgan fingerprint density at radius 1 is 1.21 bits per heavy atom. The molecule has 0 spiro atoms. The molecule has 7 nitrogen and oxygen atoms in total. The van der Waals surface area contributed by atoms with Crippen LogP contribution in [0.1, 0.15) is 25.5 Å². The number of anilines is 1. The van der Waals surface area contributed by atoms with Crippen molar-refractivity contribution in [3.63, 3.8) is 0 Å². The zero-order valence-electron chi connectivity index (χ0n) is 16.3. The van der Waals surface area contributed by atoms with E-state index in [1.54, 1.807) is 19.4 Å². The third-order valence-electron chi connectivity index (χ3n) is 5.21. The number of carbonyl (C=O) groups excluding carboxylic acids is 2. The Kier molecular flexibility index (Phi) is 6.71. The lowest BCUT2D eigenvalue weighted by Gasteiger charge is -2.34. The largest absolute Gasteiger partial charge is 0.495 e. The zero-order chi connectivity index (χ0) is 19.9. The Hall–Kier alpha value is -2.80. The molecule has 1 aliphatic heterocycles. The van der Waals surface area contributed by atoms with E-state index in [1.807, 2.05) is 37.3 Å². The molecule has 0 radical (unpaired) electrons. The minimum absolute atomic E-state index is 0.0318. The summed E-state index contributed by atoms with van der Waals surface area (Å²) in [5, 5.41) is 5.86. The summed E-state index contributed by atoms with van der Waals surface area (Å²) >= 11 is 0. The maximum atomic E-state index is 12.6.